The van der Waals surface area contributed by atoms with Crippen molar-refractivity contribution in [2.24, 2.45) is 0 Å². The minimum absolute atomic E-state index is 0.222. The Morgan fingerprint density at radius 1 is 0.958 bits per heavy atom. The standard InChI is InChI=1S/C18H15ClN4O/c19-14-8-6-13(7-9-14)18(24)23-16-5-3-11-21-17(16)22-12-15-4-1-2-10-20-15/h1-11H,12H2,(H,21,22)(H,23,24). The summed E-state index contributed by atoms with van der Waals surface area (Å²) in [6.45, 7) is 0.516. The summed E-state index contributed by atoms with van der Waals surface area (Å²) < 4.78 is 0. The molecule has 2 N–H and O–H groups in total. The smallest absolute Gasteiger partial charge is 0.255 e. The number of pyridine rings is 2. The molecule has 0 aliphatic rings. The lowest BCUT2D eigenvalue weighted by Gasteiger charge is -2.12. The number of rotatable bonds is 5. The van der Waals surface area contributed by atoms with Crippen molar-refractivity contribution in [3.05, 3.63) is 83.3 Å². The monoisotopic (exact) mass is 338 g/mol. The SMILES string of the molecule is O=C(Nc1cccnc1NCc1ccccn1)c1ccc(Cl)cc1. The van der Waals surface area contributed by atoms with Crippen molar-refractivity contribution in [1.82, 2.24) is 9.97 Å². The van der Waals surface area contributed by atoms with Crippen LogP contribution in [0.25, 0.3) is 0 Å². The van der Waals surface area contributed by atoms with Gasteiger partial charge in [0.25, 0.3) is 5.91 Å². The molecular formula is C18H15ClN4O. The van der Waals surface area contributed by atoms with E-state index in [0.717, 1.165) is 5.69 Å². The molecule has 0 aliphatic heterocycles. The van der Waals surface area contributed by atoms with Crippen LogP contribution in [-0.2, 0) is 6.54 Å². The number of halogens is 1. The minimum atomic E-state index is -0.222. The summed E-state index contributed by atoms with van der Waals surface area (Å²) in [5.74, 6) is 0.367. The second-order valence-corrected chi connectivity index (χ2v) is 5.47. The average molecular weight is 339 g/mol. The van der Waals surface area contributed by atoms with Crippen molar-refractivity contribution < 1.29 is 4.79 Å². The van der Waals surface area contributed by atoms with E-state index >= 15 is 0 Å². The van der Waals surface area contributed by atoms with Crippen LogP contribution in [0, 0.1) is 0 Å². The maximum Gasteiger partial charge on any atom is 0.255 e. The molecule has 3 aromatic rings. The zero-order chi connectivity index (χ0) is 16.8. The van der Waals surface area contributed by atoms with Gasteiger partial charge in [-0.25, -0.2) is 4.98 Å². The summed E-state index contributed by atoms with van der Waals surface area (Å²) in [6, 6.07) is 16.0. The second kappa shape index (κ2) is 7.57. The fourth-order valence-electron chi connectivity index (χ4n) is 2.12. The van der Waals surface area contributed by atoms with Gasteiger partial charge in [-0.15, -0.1) is 0 Å². The number of aromatic nitrogens is 2. The Morgan fingerprint density at radius 2 is 1.75 bits per heavy atom. The van der Waals surface area contributed by atoms with E-state index in [2.05, 4.69) is 20.6 Å². The number of benzene rings is 1. The number of nitrogens with zero attached hydrogens (tertiary/aromatic N) is 2. The zero-order valence-corrected chi connectivity index (χ0v) is 13.5. The van der Waals surface area contributed by atoms with Gasteiger partial charge >= 0.3 is 0 Å². The van der Waals surface area contributed by atoms with Crippen molar-refractivity contribution in [3.63, 3.8) is 0 Å². The maximum atomic E-state index is 12.3. The van der Waals surface area contributed by atoms with Crippen molar-refractivity contribution in [3.8, 4) is 0 Å². The highest BCUT2D eigenvalue weighted by atomic mass is 35.5. The lowest BCUT2D eigenvalue weighted by atomic mass is 10.2. The van der Waals surface area contributed by atoms with E-state index in [1.165, 1.54) is 0 Å². The van der Waals surface area contributed by atoms with E-state index in [1.807, 2.05) is 18.2 Å². The average Bonchev–Trinajstić information content (AvgIpc) is 2.62. The van der Waals surface area contributed by atoms with E-state index in [9.17, 15) is 4.79 Å². The zero-order valence-electron chi connectivity index (χ0n) is 12.7. The topological polar surface area (TPSA) is 66.9 Å². The number of carbonyl (C=O) groups is 1. The number of nitrogens with one attached hydrogen (secondary N) is 2. The normalized spacial score (nSPS) is 10.2. The molecule has 3 rings (SSSR count). The van der Waals surface area contributed by atoms with Crippen LogP contribution in [-0.4, -0.2) is 15.9 Å². The van der Waals surface area contributed by atoms with Gasteiger partial charge in [0.15, 0.2) is 0 Å². The Bertz CT molecular complexity index is 822. The molecule has 120 valence electrons. The first-order chi connectivity index (χ1) is 11.7. The van der Waals surface area contributed by atoms with Gasteiger partial charge in [0.2, 0.25) is 0 Å². The van der Waals surface area contributed by atoms with Crippen LogP contribution in [0.5, 0.6) is 0 Å². The number of carbonyl (C=O) groups excluding carboxylic acids is 1. The summed E-state index contributed by atoms with van der Waals surface area (Å²) in [6.07, 6.45) is 3.40. The molecule has 6 heteroatoms. The largest absolute Gasteiger partial charge is 0.363 e. The third-order valence-electron chi connectivity index (χ3n) is 3.33. The number of hydrogen-bond acceptors (Lipinski definition) is 4. The molecule has 5 nitrogen and oxygen atoms in total. The summed E-state index contributed by atoms with van der Waals surface area (Å²) in [5, 5.41) is 6.63. The Kier molecular flexibility index (Phi) is 5.03. The van der Waals surface area contributed by atoms with E-state index in [4.69, 9.17) is 11.6 Å². The van der Waals surface area contributed by atoms with Gasteiger partial charge < -0.3 is 10.6 Å². The van der Waals surface area contributed by atoms with Gasteiger partial charge in [-0.05, 0) is 48.5 Å². The molecule has 1 aromatic carbocycles. The Labute approximate surface area is 144 Å². The highest BCUT2D eigenvalue weighted by Gasteiger charge is 2.10. The number of amides is 1. The Hall–Kier alpha value is -2.92. The molecule has 2 aromatic heterocycles. The van der Waals surface area contributed by atoms with Crippen LogP contribution < -0.4 is 10.6 Å². The fourth-order valence-corrected chi connectivity index (χ4v) is 2.25. The van der Waals surface area contributed by atoms with Crippen molar-refractivity contribution in [2.45, 2.75) is 6.54 Å². The van der Waals surface area contributed by atoms with Crippen LogP contribution in [0.4, 0.5) is 11.5 Å². The molecule has 0 fully saturated rings. The van der Waals surface area contributed by atoms with Crippen LogP contribution >= 0.6 is 11.6 Å². The molecule has 0 saturated heterocycles. The number of anilines is 2. The molecular weight excluding hydrogens is 324 g/mol. The van der Waals surface area contributed by atoms with Gasteiger partial charge in [-0.3, -0.25) is 9.78 Å². The first kappa shape index (κ1) is 16.0. The lowest BCUT2D eigenvalue weighted by Crippen LogP contribution is -2.14. The molecule has 1 amide bonds. The number of hydrogen-bond donors (Lipinski definition) is 2. The van der Waals surface area contributed by atoms with E-state index in [0.29, 0.717) is 28.6 Å². The highest BCUT2D eigenvalue weighted by molar-refractivity contribution is 6.30. The lowest BCUT2D eigenvalue weighted by molar-refractivity contribution is 0.102. The van der Waals surface area contributed by atoms with Gasteiger partial charge in [0, 0.05) is 23.0 Å². The third-order valence-corrected chi connectivity index (χ3v) is 3.58. The predicted octanol–water partition coefficient (Wildman–Crippen LogP) is 3.99. The first-order valence-electron chi connectivity index (χ1n) is 7.38. The Balaban J connectivity index is 1.71. The van der Waals surface area contributed by atoms with Crippen molar-refractivity contribution in [1.29, 1.82) is 0 Å². The van der Waals surface area contributed by atoms with Gasteiger partial charge in [0.1, 0.15) is 5.82 Å². The predicted molar refractivity (Wildman–Crippen MR) is 95.2 cm³/mol. The summed E-state index contributed by atoms with van der Waals surface area (Å²) >= 11 is 5.84. The molecule has 0 spiro atoms. The van der Waals surface area contributed by atoms with Crippen LogP contribution in [0.1, 0.15) is 16.1 Å². The van der Waals surface area contributed by atoms with Gasteiger partial charge in [-0.2, -0.15) is 0 Å². The second-order valence-electron chi connectivity index (χ2n) is 5.04. The van der Waals surface area contributed by atoms with E-state index in [-0.39, 0.29) is 5.91 Å². The molecule has 0 unspecified atom stereocenters. The fraction of sp³-hybridized carbons (Fsp3) is 0.0556. The summed E-state index contributed by atoms with van der Waals surface area (Å²) in [4.78, 5) is 20.9. The van der Waals surface area contributed by atoms with E-state index < -0.39 is 0 Å². The molecule has 0 radical (unpaired) electrons. The third kappa shape index (κ3) is 4.08. The molecule has 2 heterocycles. The van der Waals surface area contributed by atoms with Crippen LogP contribution in [0.2, 0.25) is 5.02 Å². The molecule has 0 bridgehead atoms. The molecule has 0 saturated carbocycles. The van der Waals surface area contributed by atoms with Crippen LogP contribution in [0.15, 0.2) is 67.0 Å². The highest BCUT2D eigenvalue weighted by Crippen LogP contribution is 2.20. The Morgan fingerprint density at radius 3 is 2.50 bits per heavy atom. The summed E-state index contributed by atoms with van der Waals surface area (Å²) in [7, 11) is 0. The quantitative estimate of drug-likeness (QED) is 0.738. The van der Waals surface area contributed by atoms with E-state index in [1.54, 1.807) is 48.8 Å². The van der Waals surface area contributed by atoms with Crippen molar-refractivity contribution in [2.75, 3.05) is 10.6 Å². The summed E-state index contributed by atoms with van der Waals surface area (Å²) in [5.41, 5.74) is 2.02. The minimum Gasteiger partial charge on any atom is -0.363 e. The van der Waals surface area contributed by atoms with Gasteiger partial charge in [0.05, 0.1) is 17.9 Å². The molecule has 0 aliphatic carbocycles. The first-order valence-corrected chi connectivity index (χ1v) is 7.76. The molecule has 0 atom stereocenters. The van der Waals surface area contributed by atoms with Crippen LogP contribution in [0.3, 0.4) is 0 Å². The molecule has 24 heavy (non-hydrogen) atoms. The van der Waals surface area contributed by atoms with Crippen molar-refractivity contribution >= 4 is 29.0 Å². The van der Waals surface area contributed by atoms with Gasteiger partial charge in [-0.1, -0.05) is 17.7 Å². The maximum absolute atomic E-state index is 12.3.